The van der Waals surface area contributed by atoms with Gasteiger partial charge in [0.1, 0.15) is 17.7 Å². The molecule has 2 saturated heterocycles. The molecule has 2 aromatic rings. The third-order valence-electron chi connectivity index (χ3n) is 11.4. The van der Waals surface area contributed by atoms with E-state index in [0.717, 1.165) is 54.8 Å². The summed E-state index contributed by atoms with van der Waals surface area (Å²) in [5.74, 6) is -0.608. The van der Waals surface area contributed by atoms with Crippen molar-refractivity contribution in [1.82, 2.24) is 10.2 Å². The minimum atomic E-state index is -0.710. The molecule has 4 rings (SSSR count). The molecule has 0 radical (unpaired) electrons. The van der Waals surface area contributed by atoms with Crippen LogP contribution < -0.4 is 10.6 Å². The van der Waals surface area contributed by atoms with Crippen LogP contribution in [-0.2, 0) is 14.3 Å². The summed E-state index contributed by atoms with van der Waals surface area (Å²) >= 11 is 0. The Kier molecular flexibility index (Phi) is 15.4. The second kappa shape index (κ2) is 19.5. The maximum Gasteiger partial charge on any atom is 0.407 e. The van der Waals surface area contributed by atoms with Gasteiger partial charge in [-0.1, -0.05) is 53.2 Å². The van der Waals surface area contributed by atoms with Gasteiger partial charge in [0.05, 0.1) is 18.8 Å². The van der Waals surface area contributed by atoms with Gasteiger partial charge in [-0.25, -0.2) is 13.6 Å². The van der Waals surface area contributed by atoms with Crippen molar-refractivity contribution in [2.24, 2.45) is 16.8 Å². The van der Waals surface area contributed by atoms with Crippen LogP contribution >= 0.6 is 0 Å². The Morgan fingerprint density at radius 1 is 0.981 bits per heavy atom. The molecule has 2 aromatic carbocycles. The number of hydrogen-bond donors (Lipinski definition) is 2. The molecule has 5 atom stereocenters. The van der Waals surface area contributed by atoms with E-state index < -0.39 is 12.1 Å². The Morgan fingerprint density at radius 3 is 2.26 bits per heavy atom. The molecule has 2 unspecified atom stereocenters. The Morgan fingerprint density at radius 2 is 1.62 bits per heavy atom. The number of benzene rings is 2. The van der Waals surface area contributed by atoms with E-state index in [1.54, 1.807) is 6.07 Å². The fraction of sp³-hybridized carbons (Fsp3) is 0.605. The van der Waals surface area contributed by atoms with Crippen molar-refractivity contribution in [1.29, 1.82) is 0 Å². The molecule has 10 heteroatoms. The first-order chi connectivity index (χ1) is 25.2. The van der Waals surface area contributed by atoms with Crippen molar-refractivity contribution in [2.75, 3.05) is 32.2 Å². The van der Waals surface area contributed by atoms with Gasteiger partial charge in [-0.15, -0.1) is 0 Å². The first kappa shape index (κ1) is 42.0. The van der Waals surface area contributed by atoms with Crippen molar-refractivity contribution < 1.29 is 27.8 Å². The predicted octanol–water partition coefficient (Wildman–Crippen LogP) is 10.3. The molecule has 53 heavy (non-hydrogen) atoms. The molecule has 2 aliphatic rings. The first-order valence-electron chi connectivity index (χ1n) is 19.6. The van der Waals surface area contributed by atoms with Crippen LogP contribution in [-0.4, -0.2) is 61.6 Å². The molecule has 0 saturated carbocycles. The third kappa shape index (κ3) is 10.9. The van der Waals surface area contributed by atoms with E-state index in [-0.39, 0.29) is 41.3 Å². The fourth-order valence-corrected chi connectivity index (χ4v) is 7.71. The Hall–Kier alpha value is -3.79. The average molecular weight is 737 g/mol. The summed E-state index contributed by atoms with van der Waals surface area (Å²) in [6, 6.07) is 5.91. The van der Waals surface area contributed by atoms with E-state index >= 15 is 8.78 Å². The van der Waals surface area contributed by atoms with Gasteiger partial charge in [-0.2, -0.15) is 0 Å². The summed E-state index contributed by atoms with van der Waals surface area (Å²) in [6.45, 7) is 19.9. The van der Waals surface area contributed by atoms with Crippen LogP contribution in [0.2, 0.25) is 0 Å². The van der Waals surface area contributed by atoms with Crippen molar-refractivity contribution in [3.05, 3.63) is 70.4 Å². The highest BCUT2D eigenvalue weighted by Gasteiger charge is 2.39. The van der Waals surface area contributed by atoms with E-state index in [4.69, 9.17) is 14.5 Å². The number of methoxy groups -OCH3 is 1. The topological polar surface area (TPSA) is 92.3 Å². The average Bonchev–Trinajstić information content (AvgIpc) is 3.64. The molecule has 2 heterocycles. The van der Waals surface area contributed by atoms with Crippen molar-refractivity contribution in [2.45, 2.75) is 130 Å². The van der Waals surface area contributed by atoms with Crippen LogP contribution in [0.5, 0.6) is 0 Å². The number of ether oxygens (including phenoxy) is 2. The van der Waals surface area contributed by atoms with E-state index in [0.29, 0.717) is 73.7 Å². The zero-order valence-corrected chi connectivity index (χ0v) is 33.2. The van der Waals surface area contributed by atoms with Gasteiger partial charge in [0.25, 0.3) is 0 Å². The lowest BCUT2D eigenvalue weighted by molar-refractivity contribution is -0.135. The molecule has 2 fully saturated rings. The molecule has 0 aromatic heterocycles. The molecule has 2 aliphatic heterocycles. The number of amides is 2. The zero-order chi connectivity index (χ0) is 38.8. The van der Waals surface area contributed by atoms with Gasteiger partial charge in [0.2, 0.25) is 5.91 Å². The summed E-state index contributed by atoms with van der Waals surface area (Å²) in [5.41, 5.74) is 5.99. The Labute approximate surface area is 316 Å². The highest BCUT2D eigenvalue weighted by Crippen LogP contribution is 2.36. The molecule has 0 spiro atoms. The summed E-state index contributed by atoms with van der Waals surface area (Å²) < 4.78 is 41.3. The minimum Gasteiger partial charge on any atom is -0.453 e. The summed E-state index contributed by atoms with van der Waals surface area (Å²) in [4.78, 5) is 33.0. The van der Waals surface area contributed by atoms with E-state index in [1.165, 1.54) is 13.2 Å². The normalized spacial score (nSPS) is 19.0. The van der Waals surface area contributed by atoms with Gasteiger partial charge < -0.3 is 25.0 Å². The van der Waals surface area contributed by atoms with Crippen LogP contribution in [0.3, 0.4) is 0 Å². The highest BCUT2D eigenvalue weighted by atomic mass is 19.1. The second-order valence-corrected chi connectivity index (χ2v) is 15.4. The van der Waals surface area contributed by atoms with Crippen LogP contribution in [0.25, 0.3) is 0 Å². The van der Waals surface area contributed by atoms with Gasteiger partial charge >= 0.3 is 6.09 Å². The number of carbonyl (C=O) groups is 2. The van der Waals surface area contributed by atoms with Crippen LogP contribution in [0.4, 0.5) is 25.0 Å². The number of nitrogens with one attached hydrogen (secondary N) is 2. The Balaban J connectivity index is 1.46. The lowest BCUT2D eigenvalue weighted by atomic mass is 9.87. The number of likely N-dealkylation sites (tertiary alicyclic amines) is 1. The monoisotopic (exact) mass is 736 g/mol. The number of unbranched alkanes of at least 4 members (excludes halogenated alkanes) is 1. The lowest BCUT2D eigenvalue weighted by Gasteiger charge is -2.34. The molecule has 8 nitrogen and oxygen atoms in total. The van der Waals surface area contributed by atoms with E-state index in [9.17, 15) is 9.59 Å². The number of halogens is 2. The second-order valence-electron chi connectivity index (χ2n) is 15.4. The zero-order valence-electron chi connectivity index (χ0n) is 33.2. The number of alkyl carbamates (subject to hydrolysis) is 1. The molecule has 2 N–H and O–H groups in total. The molecule has 292 valence electrons. The predicted molar refractivity (Wildman–Crippen MR) is 210 cm³/mol. The number of hydrogen-bond acceptors (Lipinski definition) is 6. The van der Waals surface area contributed by atoms with Crippen molar-refractivity contribution in [3.8, 4) is 0 Å². The first-order valence-corrected chi connectivity index (χ1v) is 19.6. The van der Waals surface area contributed by atoms with Gasteiger partial charge in [0.15, 0.2) is 0 Å². The van der Waals surface area contributed by atoms with E-state index in [1.807, 2.05) is 51.7 Å². The number of rotatable bonds is 16. The summed E-state index contributed by atoms with van der Waals surface area (Å²) in [6.07, 6.45) is 6.93. The molecular formula is C43H62F2N4O4. The van der Waals surface area contributed by atoms with Gasteiger partial charge in [-0.3, -0.25) is 9.79 Å². The largest absolute Gasteiger partial charge is 0.453 e. The summed E-state index contributed by atoms with van der Waals surface area (Å²) in [7, 11) is 1.29. The maximum atomic E-state index is 15.5. The van der Waals surface area contributed by atoms with Gasteiger partial charge in [0, 0.05) is 36.9 Å². The molecule has 0 bridgehead atoms. The van der Waals surface area contributed by atoms with Crippen LogP contribution in [0.1, 0.15) is 126 Å². The molecule has 0 aliphatic carbocycles. The molecule has 2 amide bonds. The molecular weight excluding hydrogens is 674 g/mol. The van der Waals surface area contributed by atoms with Crippen LogP contribution in [0.15, 0.2) is 41.5 Å². The standard InChI is InChI=1S/C43H62F2N4O4/c1-10-11-13-26(2)31(7)46-39-25-37(45)34(22-29(39)5)27(3)15-16-28(4)35-24-38(30(6)23-36(35)44)47-32(8)40-14-12-19-49(40)42(50)41(48-43(51)52-9)33-17-20-53-21-18-33/h22-28,33,40-41,46H,7,10-21H2,1-6,8-9H3,(H,48,51)/t26-,27+,28+,40?,41?/m0/s1. The fourth-order valence-electron chi connectivity index (χ4n) is 7.71. The quantitative estimate of drug-likeness (QED) is 0.167. The number of anilines is 1. The lowest BCUT2D eigenvalue weighted by Crippen LogP contribution is -2.55. The SMILES string of the molecule is C=C(Nc1cc(F)c([C@H](C)CC[C@@H](C)c2cc(N=C(C)C3CCCN3C(=O)C(NC(=O)OC)C3CCOCC3)c(C)cc2F)cc1C)[C@@H](C)CCCC. The van der Waals surface area contributed by atoms with E-state index in [2.05, 4.69) is 31.1 Å². The van der Waals surface area contributed by atoms with Crippen molar-refractivity contribution in [3.63, 3.8) is 0 Å². The van der Waals surface area contributed by atoms with Crippen LogP contribution in [0, 0.1) is 37.3 Å². The van der Waals surface area contributed by atoms with Crippen molar-refractivity contribution >= 4 is 29.1 Å². The summed E-state index contributed by atoms with van der Waals surface area (Å²) in [5, 5.41) is 6.15. The highest BCUT2D eigenvalue weighted by molar-refractivity contribution is 5.95. The number of carbonyl (C=O) groups excluding carboxylic acids is 2. The smallest absolute Gasteiger partial charge is 0.407 e. The maximum absolute atomic E-state index is 15.5. The number of nitrogens with zero attached hydrogens (tertiary/aromatic N) is 2. The number of allylic oxidation sites excluding steroid dienone is 1. The third-order valence-corrected chi connectivity index (χ3v) is 11.4. The Bertz CT molecular complexity index is 1620. The number of aliphatic imine (C=N–C) groups is 1. The van der Waals surface area contributed by atoms with Gasteiger partial charge in [-0.05, 0) is 130 Å². The minimum absolute atomic E-state index is 0.0497. The number of aryl methyl sites for hydroxylation is 2.